The highest BCUT2D eigenvalue weighted by Gasteiger charge is 2.19. The Bertz CT molecular complexity index is 824. The first-order chi connectivity index (χ1) is 26.2. The summed E-state index contributed by atoms with van der Waals surface area (Å²) in [7, 11) is 0. The van der Waals surface area contributed by atoms with E-state index in [1.54, 1.807) is 0 Å². The molecule has 0 saturated carbocycles. The van der Waals surface area contributed by atoms with Gasteiger partial charge >= 0.3 is 17.9 Å². The minimum absolute atomic E-state index is 0.0653. The van der Waals surface area contributed by atoms with E-state index in [9.17, 15) is 14.4 Å². The second-order valence-corrected chi connectivity index (χ2v) is 17.3. The Kier molecular flexibility index (Phi) is 39.8. The maximum absolute atomic E-state index is 12.7. The topological polar surface area (TPSA) is 78.9 Å². The van der Waals surface area contributed by atoms with Crippen molar-refractivity contribution in [1.29, 1.82) is 0 Å². The summed E-state index contributed by atoms with van der Waals surface area (Å²) in [6.45, 7) is 11.3. The van der Waals surface area contributed by atoms with Gasteiger partial charge in [0.2, 0.25) is 0 Å². The van der Waals surface area contributed by atoms with Gasteiger partial charge in [0, 0.05) is 19.3 Å². The highest BCUT2D eigenvalue weighted by molar-refractivity contribution is 5.71. The molecule has 0 N–H and O–H groups in total. The number of hydrogen-bond acceptors (Lipinski definition) is 6. The highest BCUT2D eigenvalue weighted by Crippen LogP contribution is 2.17. The van der Waals surface area contributed by atoms with Gasteiger partial charge in [-0.2, -0.15) is 0 Å². The van der Waals surface area contributed by atoms with Crippen LogP contribution in [0.1, 0.15) is 259 Å². The summed E-state index contributed by atoms with van der Waals surface area (Å²) in [5.74, 6) is 0.732. The van der Waals surface area contributed by atoms with Crippen molar-refractivity contribution in [3.63, 3.8) is 0 Å². The summed E-state index contributed by atoms with van der Waals surface area (Å²) in [6.07, 6.45) is 39.5. The zero-order chi connectivity index (χ0) is 39.7. The van der Waals surface area contributed by atoms with E-state index in [-0.39, 0.29) is 31.1 Å². The van der Waals surface area contributed by atoms with E-state index in [4.69, 9.17) is 14.2 Å². The van der Waals surface area contributed by atoms with Gasteiger partial charge in [-0.3, -0.25) is 14.4 Å². The zero-order valence-corrected chi connectivity index (χ0v) is 36.8. The average molecular weight is 765 g/mol. The Morgan fingerprint density at radius 2 is 0.611 bits per heavy atom. The average Bonchev–Trinajstić information content (AvgIpc) is 3.14. The number of hydrogen-bond donors (Lipinski definition) is 0. The second-order valence-electron chi connectivity index (χ2n) is 17.3. The lowest BCUT2D eigenvalue weighted by molar-refractivity contribution is -0.167. The fraction of sp³-hybridized carbons (Fsp3) is 0.938. The number of unbranched alkanes of at least 4 members (excludes halogenated alkanes) is 27. The Morgan fingerprint density at radius 3 is 0.907 bits per heavy atom. The number of ether oxygens (including phenoxy) is 3. The van der Waals surface area contributed by atoms with Crippen LogP contribution in [0.25, 0.3) is 0 Å². The van der Waals surface area contributed by atoms with Gasteiger partial charge in [0.25, 0.3) is 0 Å². The molecule has 0 aliphatic heterocycles. The van der Waals surface area contributed by atoms with Gasteiger partial charge in [-0.05, 0) is 31.1 Å². The lowest BCUT2D eigenvalue weighted by Crippen LogP contribution is -2.30. The van der Waals surface area contributed by atoms with Crippen molar-refractivity contribution in [2.75, 3.05) is 13.2 Å². The van der Waals surface area contributed by atoms with E-state index in [2.05, 4.69) is 34.6 Å². The molecule has 0 saturated heterocycles. The molecule has 6 heteroatoms. The third-order valence-corrected chi connectivity index (χ3v) is 10.7. The van der Waals surface area contributed by atoms with Crippen molar-refractivity contribution in [1.82, 2.24) is 0 Å². The van der Waals surface area contributed by atoms with Gasteiger partial charge in [0.05, 0.1) is 0 Å². The Hall–Kier alpha value is -1.59. The van der Waals surface area contributed by atoms with Gasteiger partial charge in [0.15, 0.2) is 6.10 Å². The third-order valence-electron chi connectivity index (χ3n) is 10.7. The van der Waals surface area contributed by atoms with E-state index in [0.717, 1.165) is 69.6 Å². The summed E-state index contributed by atoms with van der Waals surface area (Å²) in [5.41, 5.74) is 0. The predicted molar refractivity (Wildman–Crippen MR) is 229 cm³/mol. The molecule has 0 amide bonds. The number of rotatable bonds is 42. The number of carbonyl (C=O) groups excluding carboxylic acids is 3. The molecule has 54 heavy (non-hydrogen) atoms. The smallest absolute Gasteiger partial charge is 0.306 e. The molecule has 0 unspecified atom stereocenters. The van der Waals surface area contributed by atoms with Crippen LogP contribution in [-0.2, 0) is 28.6 Å². The normalized spacial score (nSPS) is 12.1. The molecule has 0 rings (SSSR count). The van der Waals surface area contributed by atoms with Crippen LogP contribution >= 0.6 is 0 Å². The largest absolute Gasteiger partial charge is 0.462 e. The number of esters is 3. The molecule has 0 aromatic carbocycles. The zero-order valence-electron chi connectivity index (χ0n) is 36.8. The quantitative estimate of drug-likeness (QED) is 0.0350. The first-order valence-electron chi connectivity index (χ1n) is 23.7. The van der Waals surface area contributed by atoms with E-state index in [1.807, 2.05) is 0 Å². The molecule has 6 nitrogen and oxygen atoms in total. The van der Waals surface area contributed by atoms with Crippen LogP contribution in [0.2, 0.25) is 0 Å². The summed E-state index contributed by atoms with van der Waals surface area (Å²) in [6, 6.07) is 0. The van der Waals surface area contributed by atoms with Gasteiger partial charge in [-0.1, -0.05) is 221 Å². The fourth-order valence-corrected chi connectivity index (χ4v) is 7.11. The number of carbonyl (C=O) groups is 3. The Balaban J connectivity index is 4.33. The van der Waals surface area contributed by atoms with Crippen LogP contribution in [0.15, 0.2) is 0 Å². The molecule has 320 valence electrons. The van der Waals surface area contributed by atoms with Crippen molar-refractivity contribution in [3.8, 4) is 0 Å². The van der Waals surface area contributed by atoms with Gasteiger partial charge < -0.3 is 14.2 Å². The molecule has 0 aliphatic rings. The molecular weight excluding hydrogens is 673 g/mol. The van der Waals surface area contributed by atoms with Crippen LogP contribution in [0.5, 0.6) is 0 Å². The van der Waals surface area contributed by atoms with Gasteiger partial charge in [-0.25, -0.2) is 0 Å². The maximum atomic E-state index is 12.7. The fourth-order valence-electron chi connectivity index (χ4n) is 7.11. The molecule has 0 spiro atoms. The van der Waals surface area contributed by atoms with Crippen molar-refractivity contribution in [3.05, 3.63) is 0 Å². The Morgan fingerprint density at radius 1 is 0.352 bits per heavy atom. The lowest BCUT2D eigenvalue weighted by Gasteiger charge is -2.18. The summed E-state index contributed by atoms with van der Waals surface area (Å²) in [4.78, 5) is 37.7. The molecule has 0 aromatic heterocycles. The molecule has 0 heterocycles. The minimum Gasteiger partial charge on any atom is -0.462 e. The Labute approximate surface area is 336 Å². The van der Waals surface area contributed by atoms with Crippen molar-refractivity contribution in [2.24, 2.45) is 11.8 Å². The first kappa shape index (κ1) is 52.4. The summed E-state index contributed by atoms with van der Waals surface area (Å²) < 4.78 is 16.7. The third kappa shape index (κ3) is 41.6. The first-order valence-corrected chi connectivity index (χ1v) is 23.7. The van der Waals surface area contributed by atoms with Crippen LogP contribution < -0.4 is 0 Å². The summed E-state index contributed by atoms with van der Waals surface area (Å²) >= 11 is 0. The van der Waals surface area contributed by atoms with Crippen molar-refractivity contribution >= 4 is 17.9 Å². The highest BCUT2D eigenvalue weighted by atomic mass is 16.6. The van der Waals surface area contributed by atoms with E-state index in [0.29, 0.717) is 19.3 Å². The van der Waals surface area contributed by atoms with E-state index >= 15 is 0 Å². The summed E-state index contributed by atoms with van der Waals surface area (Å²) in [5, 5.41) is 0. The van der Waals surface area contributed by atoms with Gasteiger partial charge in [0.1, 0.15) is 13.2 Å². The molecule has 0 bridgehead atoms. The predicted octanol–water partition coefficient (Wildman–Crippen LogP) is 15.0. The maximum Gasteiger partial charge on any atom is 0.306 e. The molecule has 1 atom stereocenters. The molecule has 0 aromatic rings. The van der Waals surface area contributed by atoms with Crippen LogP contribution in [0.3, 0.4) is 0 Å². The standard InChI is InChI=1S/C48H92O6/c1-6-7-8-9-10-11-12-13-14-15-18-24-30-35-40-48(51)54-45(42-53-47(50)39-34-29-25-20-22-27-32-37-44(4)5)41-52-46(49)38-33-28-23-19-16-17-21-26-31-36-43(2)3/h43-45H,6-42H2,1-5H3/t45-/m0/s1. The molecule has 0 aliphatic carbocycles. The molecule has 0 fully saturated rings. The van der Waals surface area contributed by atoms with Crippen LogP contribution in [0, 0.1) is 11.8 Å². The van der Waals surface area contributed by atoms with Crippen molar-refractivity contribution < 1.29 is 28.6 Å². The van der Waals surface area contributed by atoms with Crippen LogP contribution in [-0.4, -0.2) is 37.2 Å². The second kappa shape index (κ2) is 41.1. The van der Waals surface area contributed by atoms with Crippen LogP contribution in [0.4, 0.5) is 0 Å². The van der Waals surface area contributed by atoms with Gasteiger partial charge in [-0.15, -0.1) is 0 Å². The van der Waals surface area contributed by atoms with E-state index in [1.165, 1.54) is 148 Å². The van der Waals surface area contributed by atoms with Crippen molar-refractivity contribution in [2.45, 2.75) is 265 Å². The SMILES string of the molecule is CCCCCCCCCCCCCCCCC(=O)O[C@@H](COC(=O)CCCCCCCCCCCC(C)C)COC(=O)CCCCCCCCCC(C)C. The lowest BCUT2D eigenvalue weighted by atomic mass is 10.0. The monoisotopic (exact) mass is 765 g/mol. The molecule has 0 radical (unpaired) electrons. The van der Waals surface area contributed by atoms with E-state index < -0.39 is 6.10 Å². The molecular formula is C48H92O6. The minimum atomic E-state index is -0.761.